The molecule has 0 heterocycles. The van der Waals surface area contributed by atoms with Crippen molar-refractivity contribution >= 4 is 25.8 Å². The van der Waals surface area contributed by atoms with Gasteiger partial charge < -0.3 is 24.4 Å². The van der Waals surface area contributed by atoms with Crippen molar-refractivity contribution in [2.24, 2.45) is 5.73 Å². The average molecular weight is 508 g/mol. The zero-order chi connectivity index (χ0) is 25.7. The van der Waals surface area contributed by atoms with Crippen molar-refractivity contribution in [1.82, 2.24) is 0 Å². The van der Waals surface area contributed by atoms with Crippen molar-refractivity contribution in [2.45, 2.75) is 58.2 Å². The zero-order valence-corrected chi connectivity index (χ0v) is 23.4. The van der Waals surface area contributed by atoms with Crippen LogP contribution in [0.5, 0.6) is 17.2 Å². The Bertz CT molecular complexity index is 1020. The first-order chi connectivity index (χ1) is 15.9. The van der Waals surface area contributed by atoms with Gasteiger partial charge in [-0.15, -0.1) is 0 Å². The Hall–Kier alpha value is -2.22. The molecular formula is C26H38ClNO5Si. The molecule has 0 bridgehead atoms. The molecule has 2 rings (SSSR count). The number of hydrogen-bond acceptors (Lipinski definition) is 5. The minimum Gasteiger partial charge on any atom is -0.492 e. The van der Waals surface area contributed by atoms with Crippen LogP contribution < -0.4 is 19.9 Å². The Kier molecular flexibility index (Phi) is 9.45. The number of carbonyl (C=O) groups is 1. The fourth-order valence-electron chi connectivity index (χ4n) is 3.71. The average Bonchev–Trinajstić information content (AvgIpc) is 2.76. The number of methoxy groups -OCH3 is 3. The fourth-order valence-corrected chi connectivity index (χ4v) is 4.98. The Morgan fingerprint density at radius 3 is 2.12 bits per heavy atom. The second-order valence-corrected chi connectivity index (χ2v) is 15.0. The molecule has 2 N–H and O–H groups in total. The van der Waals surface area contributed by atoms with E-state index in [1.54, 1.807) is 26.4 Å². The van der Waals surface area contributed by atoms with Crippen LogP contribution in [0.25, 0.3) is 11.1 Å². The van der Waals surface area contributed by atoms with Gasteiger partial charge in [0.25, 0.3) is 0 Å². The van der Waals surface area contributed by atoms with Crippen LogP contribution in [0.15, 0.2) is 24.3 Å². The summed E-state index contributed by atoms with van der Waals surface area (Å²) >= 11 is 6.26. The molecule has 0 radical (unpaired) electrons. The van der Waals surface area contributed by atoms with Gasteiger partial charge in [0.15, 0.2) is 19.8 Å². The molecule has 188 valence electrons. The normalized spacial score (nSPS) is 11.9. The molecule has 2 aromatic rings. The molecule has 0 saturated carbocycles. The van der Waals surface area contributed by atoms with E-state index in [1.807, 2.05) is 12.1 Å². The quantitative estimate of drug-likeness (QED) is 0.278. The lowest BCUT2D eigenvalue weighted by Crippen LogP contribution is -2.40. The van der Waals surface area contributed by atoms with Gasteiger partial charge in [0.05, 0.1) is 26.9 Å². The van der Waals surface area contributed by atoms with Gasteiger partial charge in [-0.1, -0.05) is 44.5 Å². The van der Waals surface area contributed by atoms with Gasteiger partial charge in [-0.2, -0.15) is 0 Å². The van der Waals surface area contributed by atoms with E-state index in [9.17, 15) is 4.79 Å². The number of hydrogen-bond donors (Lipinski definition) is 1. The Balaban J connectivity index is 2.50. The second kappa shape index (κ2) is 11.5. The Labute approximate surface area is 209 Å². The van der Waals surface area contributed by atoms with Crippen molar-refractivity contribution in [3.8, 4) is 28.4 Å². The highest BCUT2D eigenvalue weighted by Gasteiger charge is 2.37. The predicted octanol–water partition coefficient (Wildman–Crippen LogP) is 6.48. The number of ether oxygens (including phenoxy) is 3. The number of amides is 1. The first kappa shape index (κ1) is 28.0. The van der Waals surface area contributed by atoms with Gasteiger partial charge in [-0.3, -0.25) is 4.79 Å². The number of nitrogens with two attached hydrogens (primary N) is 1. The van der Waals surface area contributed by atoms with Crippen LogP contribution in [0.2, 0.25) is 23.2 Å². The molecule has 0 fully saturated rings. The van der Waals surface area contributed by atoms with Gasteiger partial charge in [0, 0.05) is 22.8 Å². The summed E-state index contributed by atoms with van der Waals surface area (Å²) in [6.45, 7) is 11.8. The third-order valence-corrected chi connectivity index (χ3v) is 11.3. The van der Waals surface area contributed by atoms with Gasteiger partial charge in [0.1, 0.15) is 0 Å². The number of rotatable bonds is 11. The number of benzene rings is 2. The van der Waals surface area contributed by atoms with Crippen LogP contribution in [0.4, 0.5) is 0 Å². The summed E-state index contributed by atoms with van der Waals surface area (Å²) in [5.74, 6) is 0.670. The highest BCUT2D eigenvalue weighted by Crippen LogP contribution is 2.50. The molecular weight excluding hydrogens is 470 g/mol. The molecule has 2 aromatic carbocycles. The molecule has 0 spiro atoms. The van der Waals surface area contributed by atoms with E-state index in [0.29, 0.717) is 57.6 Å². The Morgan fingerprint density at radius 2 is 1.62 bits per heavy atom. The number of primary amides is 1. The summed E-state index contributed by atoms with van der Waals surface area (Å²) in [5.41, 5.74) is 8.21. The van der Waals surface area contributed by atoms with Crippen molar-refractivity contribution in [2.75, 3.05) is 27.9 Å². The summed E-state index contributed by atoms with van der Waals surface area (Å²) < 4.78 is 23.4. The molecule has 0 atom stereocenters. The maximum absolute atomic E-state index is 12.8. The molecule has 1 amide bonds. The summed E-state index contributed by atoms with van der Waals surface area (Å²) in [6, 6.07) is 7.22. The lowest BCUT2D eigenvalue weighted by molar-refractivity contribution is 0.0999. The molecule has 0 aliphatic carbocycles. The smallest absolute Gasteiger partial charge is 0.249 e. The van der Waals surface area contributed by atoms with Gasteiger partial charge in [-0.05, 0) is 55.1 Å². The lowest BCUT2D eigenvalue weighted by Gasteiger charge is -2.36. The third-order valence-electron chi connectivity index (χ3n) is 6.53. The van der Waals surface area contributed by atoms with Gasteiger partial charge in [0.2, 0.25) is 11.7 Å². The molecule has 8 heteroatoms. The summed E-state index contributed by atoms with van der Waals surface area (Å²) in [6.07, 6.45) is 2.20. The molecule has 0 unspecified atom stereocenters. The SMILES string of the molecule is COc1c(CCCCO[Si](C)(C)C(C)(C)C)c(C(N)=O)c(-c2cccc(Cl)c2)c(OC)c1OC. The van der Waals surface area contributed by atoms with Crippen molar-refractivity contribution in [3.63, 3.8) is 0 Å². The maximum Gasteiger partial charge on any atom is 0.249 e. The summed E-state index contributed by atoms with van der Waals surface area (Å²) in [5, 5.41) is 0.694. The first-order valence-corrected chi connectivity index (χ1v) is 14.7. The van der Waals surface area contributed by atoms with E-state index in [-0.39, 0.29) is 5.04 Å². The standard InChI is InChI=1S/C26H38ClNO5Si/c1-26(2,3)34(7,8)33-15-10-9-14-19-21(25(28)29)20(17-12-11-13-18(27)16-17)23(31-5)24(32-6)22(19)30-4/h11-13,16H,9-10,14-15H2,1-8H3,(H2,28,29). The molecule has 0 aromatic heterocycles. The second-order valence-electron chi connectivity index (χ2n) is 9.77. The topological polar surface area (TPSA) is 80.0 Å². The summed E-state index contributed by atoms with van der Waals surface area (Å²) in [7, 11) is 2.80. The van der Waals surface area contributed by atoms with Crippen LogP contribution in [-0.2, 0) is 10.8 Å². The highest BCUT2D eigenvalue weighted by atomic mass is 35.5. The largest absolute Gasteiger partial charge is 0.492 e. The van der Waals surface area contributed by atoms with E-state index in [1.165, 1.54) is 7.11 Å². The maximum atomic E-state index is 12.8. The van der Waals surface area contributed by atoms with Gasteiger partial charge >= 0.3 is 0 Å². The first-order valence-electron chi connectivity index (χ1n) is 11.4. The van der Waals surface area contributed by atoms with Crippen molar-refractivity contribution < 1.29 is 23.4 Å². The van der Waals surface area contributed by atoms with Gasteiger partial charge in [-0.25, -0.2) is 0 Å². The summed E-state index contributed by atoms with van der Waals surface area (Å²) in [4.78, 5) is 12.8. The molecule has 0 saturated heterocycles. The molecule has 0 aliphatic rings. The third kappa shape index (κ3) is 6.06. The van der Waals surface area contributed by atoms with E-state index in [4.69, 9.17) is 36.0 Å². The van der Waals surface area contributed by atoms with E-state index >= 15 is 0 Å². The van der Waals surface area contributed by atoms with Crippen LogP contribution in [0.3, 0.4) is 0 Å². The number of halogens is 1. The van der Waals surface area contributed by atoms with E-state index in [2.05, 4.69) is 33.9 Å². The monoisotopic (exact) mass is 507 g/mol. The number of unbranched alkanes of at least 4 members (excludes halogenated alkanes) is 1. The Morgan fingerprint density at radius 1 is 1.00 bits per heavy atom. The zero-order valence-electron chi connectivity index (χ0n) is 21.6. The van der Waals surface area contributed by atoms with Crippen LogP contribution in [0.1, 0.15) is 49.5 Å². The minimum atomic E-state index is -1.81. The van der Waals surface area contributed by atoms with Crippen molar-refractivity contribution in [1.29, 1.82) is 0 Å². The fraction of sp³-hybridized carbons (Fsp3) is 0.500. The minimum absolute atomic E-state index is 0.157. The van der Waals surface area contributed by atoms with E-state index < -0.39 is 14.2 Å². The molecule has 6 nitrogen and oxygen atoms in total. The number of carbonyl (C=O) groups excluding carboxylic acids is 1. The van der Waals surface area contributed by atoms with Crippen LogP contribution in [-0.4, -0.2) is 42.2 Å². The van der Waals surface area contributed by atoms with E-state index in [0.717, 1.165) is 12.8 Å². The molecule has 0 aliphatic heterocycles. The lowest BCUT2D eigenvalue weighted by atomic mass is 9.90. The van der Waals surface area contributed by atoms with Crippen molar-refractivity contribution in [3.05, 3.63) is 40.4 Å². The predicted molar refractivity (Wildman–Crippen MR) is 141 cm³/mol. The van der Waals surface area contributed by atoms with Crippen LogP contribution >= 0.6 is 11.6 Å². The molecule has 34 heavy (non-hydrogen) atoms. The highest BCUT2D eigenvalue weighted by molar-refractivity contribution is 6.74. The van der Waals surface area contributed by atoms with Crippen LogP contribution in [0, 0.1) is 0 Å².